The number of rotatable bonds is 18. The van der Waals surface area contributed by atoms with Crippen molar-refractivity contribution < 1.29 is 0 Å². The van der Waals surface area contributed by atoms with Gasteiger partial charge in [0.2, 0.25) is 0 Å². The predicted molar refractivity (Wildman–Crippen MR) is 188 cm³/mol. The highest BCUT2D eigenvalue weighted by Gasteiger charge is 2.60. The Morgan fingerprint density at radius 2 is 1.35 bits per heavy atom. The summed E-state index contributed by atoms with van der Waals surface area (Å²) in [6, 6.07) is 0.764. The second kappa shape index (κ2) is 18.5. The van der Waals surface area contributed by atoms with Gasteiger partial charge in [-0.3, -0.25) is 0 Å². The first-order valence-corrected chi connectivity index (χ1v) is 19.0. The SMILES string of the molecule is C#C.CC(C)CCCC(C)C1CCC2C3CCC4CC(NCCCNCCCCNCCCN)CCC4(C)C3CCC12C. The molecule has 9 unspecified atom stereocenters. The summed E-state index contributed by atoms with van der Waals surface area (Å²) in [6.07, 6.45) is 30.7. The molecule has 0 radical (unpaired) electrons. The maximum absolute atomic E-state index is 5.55. The average Bonchev–Trinajstić information content (AvgIpc) is 3.36. The van der Waals surface area contributed by atoms with Gasteiger partial charge in [-0.05, 0) is 175 Å². The minimum atomic E-state index is 0.615. The molecule has 4 saturated carbocycles. The maximum atomic E-state index is 5.55. The minimum absolute atomic E-state index is 0.615. The summed E-state index contributed by atoms with van der Waals surface area (Å²) < 4.78 is 0. The van der Waals surface area contributed by atoms with Gasteiger partial charge in [-0.25, -0.2) is 0 Å². The number of hydrogen-bond donors (Lipinski definition) is 4. The predicted octanol–water partition coefficient (Wildman–Crippen LogP) is 8.01. The standard InChI is InChI=1S/C37H72N4.C2H2/c1-28(2)11-8-12-29(3)33-15-16-34-32-14-13-30-27-31(17-19-36(30,4)35(32)18-20-37(33,34)5)41-26-10-25-40-23-7-6-22-39-24-9-21-38;1-2/h28-35,39-41H,6-27,38H2,1-5H3;1-2H. The van der Waals surface area contributed by atoms with E-state index >= 15 is 0 Å². The smallest absolute Gasteiger partial charge is 0.00701 e. The monoisotopic (exact) mass is 599 g/mol. The van der Waals surface area contributed by atoms with Crippen molar-refractivity contribution in [2.75, 3.05) is 39.3 Å². The van der Waals surface area contributed by atoms with Crippen LogP contribution in [0.1, 0.15) is 137 Å². The third-order valence-electron chi connectivity index (χ3n) is 13.3. The fraction of sp³-hybridized carbons (Fsp3) is 0.949. The van der Waals surface area contributed by atoms with Crippen LogP contribution in [0, 0.1) is 65.1 Å². The van der Waals surface area contributed by atoms with Crippen molar-refractivity contribution in [3.05, 3.63) is 0 Å². The van der Waals surface area contributed by atoms with Crippen LogP contribution in [0.3, 0.4) is 0 Å². The highest BCUT2D eigenvalue weighted by molar-refractivity contribution is 5.10. The summed E-state index contributed by atoms with van der Waals surface area (Å²) in [5.41, 5.74) is 6.80. The Morgan fingerprint density at radius 3 is 2.05 bits per heavy atom. The lowest BCUT2D eigenvalue weighted by molar-refractivity contribution is -0.118. The first-order valence-electron chi connectivity index (χ1n) is 19.0. The molecular formula is C39H74N4. The van der Waals surface area contributed by atoms with E-state index in [0.29, 0.717) is 10.8 Å². The Hall–Kier alpha value is -0.600. The van der Waals surface area contributed by atoms with Crippen LogP contribution in [0.25, 0.3) is 0 Å². The molecule has 0 heterocycles. The van der Waals surface area contributed by atoms with Crippen molar-refractivity contribution in [2.24, 2.45) is 58.0 Å². The van der Waals surface area contributed by atoms with Crippen LogP contribution in [0.2, 0.25) is 0 Å². The number of unbranched alkanes of at least 4 members (excludes halogenated alkanes) is 1. The topological polar surface area (TPSA) is 62.1 Å². The van der Waals surface area contributed by atoms with Gasteiger partial charge >= 0.3 is 0 Å². The van der Waals surface area contributed by atoms with E-state index in [2.05, 4.69) is 63.4 Å². The van der Waals surface area contributed by atoms with Crippen molar-refractivity contribution in [1.82, 2.24) is 16.0 Å². The van der Waals surface area contributed by atoms with Gasteiger partial charge in [0.25, 0.3) is 0 Å². The Kier molecular flexibility index (Phi) is 15.9. The molecule has 0 bridgehead atoms. The number of nitrogens with one attached hydrogen (secondary N) is 3. The van der Waals surface area contributed by atoms with E-state index in [1.165, 1.54) is 90.0 Å². The van der Waals surface area contributed by atoms with E-state index in [0.717, 1.165) is 86.6 Å². The van der Waals surface area contributed by atoms with Crippen molar-refractivity contribution in [3.63, 3.8) is 0 Å². The van der Waals surface area contributed by atoms with E-state index in [9.17, 15) is 0 Å². The summed E-state index contributed by atoms with van der Waals surface area (Å²) in [4.78, 5) is 0. The maximum Gasteiger partial charge on any atom is 0.00701 e. The summed E-state index contributed by atoms with van der Waals surface area (Å²) in [5, 5.41) is 11.1. The second-order valence-corrected chi connectivity index (χ2v) is 16.3. The Balaban J connectivity index is 0.00000248. The number of hydrogen-bond acceptors (Lipinski definition) is 4. The quantitative estimate of drug-likeness (QED) is 0.0953. The summed E-state index contributed by atoms with van der Waals surface area (Å²) in [6.45, 7) is 19.4. The van der Waals surface area contributed by atoms with Crippen molar-refractivity contribution in [1.29, 1.82) is 0 Å². The molecule has 0 saturated heterocycles. The van der Waals surface area contributed by atoms with Gasteiger partial charge in [-0.1, -0.05) is 53.9 Å². The number of fused-ring (bicyclic) bond motifs is 5. The molecule has 4 rings (SSSR count). The van der Waals surface area contributed by atoms with Gasteiger partial charge in [-0.15, -0.1) is 12.8 Å². The third kappa shape index (κ3) is 9.70. The van der Waals surface area contributed by atoms with Crippen LogP contribution < -0.4 is 21.7 Å². The zero-order chi connectivity index (χ0) is 31.3. The molecular weight excluding hydrogens is 524 g/mol. The molecule has 43 heavy (non-hydrogen) atoms. The summed E-state index contributed by atoms with van der Waals surface area (Å²) in [5.74, 6) is 6.80. The molecule has 250 valence electrons. The van der Waals surface area contributed by atoms with Crippen LogP contribution in [0.5, 0.6) is 0 Å². The fourth-order valence-corrected chi connectivity index (χ4v) is 11.0. The summed E-state index contributed by atoms with van der Waals surface area (Å²) in [7, 11) is 0. The normalized spacial score (nSPS) is 35.8. The second-order valence-electron chi connectivity index (χ2n) is 16.3. The molecule has 0 amide bonds. The van der Waals surface area contributed by atoms with Crippen molar-refractivity contribution in [2.45, 2.75) is 143 Å². The van der Waals surface area contributed by atoms with Crippen molar-refractivity contribution >= 4 is 0 Å². The van der Waals surface area contributed by atoms with E-state index in [-0.39, 0.29) is 0 Å². The van der Waals surface area contributed by atoms with Crippen LogP contribution >= 0.6 is 0 Å². The van der Waals surface area contributed by atoms with Gasteiger partial charge in [0.15, 0.2) is 0 Å². The van der Waals surface area contributed by atoms with Gasteiger partial charge in [0.05, 0.1) is 0 Å². The van der Waals surface area contributed by atoms with E-state index in [4.69, 9.17) is 5.73 Å². The number of terminal acetylenes is 1. The van der Waals surface area contributed by atoms with E-state index < -0.39 is 0 Å². The Morgan fingerprint density at radius 1 is 0.698 bits per heavy atom. The molecule has 0 spiro atoms. The first-order chi connectivity index (χ1) is 20.8. The molecule has 9 atom stereocenters. The number of nitrogens with two attached hydrogens (primary N) is 1. The molecule has 0 aliphatic heterocycles. The van der Waals surface area contributed by atoms with Gasteiger partial charge in [0, 0.05) is 6.04 Å². The fourth-order valence-electron chi connectivity index (χ4n) is 11.0. The van der Waals surface area contributed by atoms with E-state index in [1.807, 2.05) is 0 Å². The third-order valence-corrected chi connectivity index (χ3v) is 13.3. The lowest BCUT2D eigenvalue weighted by Gasteiger charge is -2.61. The molecule has 4 aliphatic carbocycles. The Bertz CT molecular complexity index is 780. The molecule has 0 aromatic carbocycles. The van der Waals surface area contributed by atoms with Crippen LogP contribution in [-0.2, 0) is 0 Å². The minimum Gasteiger partial charge on any atom is -0.330 e. The van der Waals surface area contributed by atoms with E-state index in [1.54, 1.807) is 12.8 Å². The molecule has 4 aliphatic rings. The zero-order valence-corrected chi connectivity index (χ0v) is 29.4. The zero-order valence-electron chi connectivity index (χ0n) is 29.4. The molecule has 0 aromatic rings. The van der Waals surface area contributed by atoms with Gasteiger partial charge in [-0.2, -0.15) is 0 Å². The molecule has 4 heteroatoms. The highest BCUT2D eigenvalue weighted by Crippen LogP contribution is 2.68. The molecule has 4 fully saturated rings. The molecule has 5 N–H and O–H groups in total. The highest BCUT2D eigenvalue weighted by atomic mass is 14.9. The summed E-state index contributed by atoms with van der Waals surface area (Å²) >= 11 is 0. The largest absolute Gasteiger partial charge is 0.330 e. The van der Waals surface area contributed by atoms with Crippen LogP contribution in [-0.4, -0.2) is 45.3 Å². The average molecular weight is 599 g/mol. The van der Waals surface area contributed by atoms with Crippen LogP contribution in [0.4, 0.5) is 0 Å². The van der Waals surface area contributed by atoms with Crippen molar-refractivity contribution in [3.8, 4) is 12.8 Å². The molecule has 4 nitrogen and oxygen atoms in total. The van der Waals surface area contributed by atoms with Crippen LogP contribution in [0.15, 0.2) is 0 Å². The van der Waals surface area contributed by atoms with Gasteiger partial charge in [0.1, 0.15) is 0 Å². The lowest BCUT2D eigenvalue weighted by Crippen LogP contribution is -2.55. The first kappa shape index (κ1) is 36.9. The molecule has 0 aromatic heterocycles. The Labute approximate surface area is 269 Å². The van der Waals surface area contributed by atoms with Gasteiger partial charge < -0.3 is 21.7 Å². The lowest BCUT2D eigenvalue weighted by atomic mass is 9.44.